The van der Waals surface area contributed by atoms with Crippen LogP contribution in [0.15, 0.2) is 41.8 Å². The Morgan fingerprint density at radius 1 is 1.32 bits per heavy atom. The lowest BCUT2D eigenvalue weighted by atomic mass is 10.1. The Morgan fingerprint density at radius 2 is 2.09 bits per heavy atom. The lowest BCUT2D eigenvalue weighted by Crippen LogP contribution is -2.14. The standard InChI is InChI=1S/C16H19N3O2S/c1-12(20)13-6-3-4-7-14(13)18-15(21)8-5-11-22-16-17-9-10-19(16)2/h3-4,6-7,9-10H,5,8,11H2,1-2H3,(H,18,21). The number of imidazole rings is 1. The first-order valence-electron chi connectivity index (χ1n) is 7.08. The molecule has 0 aliphatic heterocycles. The number of para-hydroxylation sites is 1. The number of hydrogen-bond donors (Lipinski definition) is 1. The van der Waals surface area contributed by atoms with Gasteiger partial charge in [-0.15, -0.1) is 0 Å². The van der Waals surface area contributed by atoms with Gasteiger partial charge in [0.15, 0.2) is 10.9 Å². The molecule has 5 nitrogen and oxygen atoms in total. The Balaban J connectivity index is 1.79. The summed E-state index contributed by atoms with van der Waals surface area (Å²) >= 11 is 1.63. The third-order valence-corrected chi connectivity index (χ3v) is 4.28. The van der Waals surface area contributed by atoms with E-state index in [0.717, 1.165) is 17.3 Å². The number of ketones is 1. The molecule has 1 heterocycles. The molecule has 1 aromatic heterocycles. The Hall–Kier alpha value is -2.08. The Bertz CT molecular complexity index is 667. The number of carbonyl (C=O) groups excluding carboxylic acids is 2. The minimum Gasteiger partial charge on any atom is -0.329 e. The fraction of sp³-hybridized carbons (Fsp3) is 0.312. The first kappa shape index (κ1) is 16.3. The zero-order valence-electron chi connectivity index (χ0n) is 12.7. The summed E-state index contributed by atoms with van der Waals surface area (Å²) in [5.41, 5.74) is 1.12. The van der Waals surface area contributed by atoms with Crippen LogP contribution in [0.2, 0.25) is 0 Å². The van der Waals surface area contributed by atoms with Crippen LogP contribution < -0.4 is 5.32 Å². The summed E-state index contributed by atoms with van der Waals surface area (Å²) in [6.07, 6.45) is 4.83. The zero-order chi connectivity index (χ0) is 15.9. The molecular formula is C16H19N3O2S. The van der Waals surface area contributed by atoms with E-state index in [2.05, 4.69) is 10.3 Å². The number of amides is 1. The SMILES string of the molecule is CC(=O)c1ccccc1NC(=O)CCCSc1nccn1C. The fourth-order valence-electron chi connectivity index (χ4n) is 2.00. The number of aryl methyl sites for hydroxylation is 1. The number of thioether (sulfide) groups is 1. The van der Waals surface area contributed by atoms with Gasteiger partial charge in [-0.3, -0.25) is 9.59 Å². The van der Waals surface area contributed by atoms with E-state index < -0.39 is 0 Å². The van der Waals surface area contributed by atoms with Gasteiger partial charge in [0, 0.05) is 37.2 Å². The van der Waals surface area contributed by atoms with Crippen molar-refractivity contribution >= 4 is 29.1 Å². The van der Waals surface area contributed by atoms with Crippen LogP contribution >= 0.6 is 11.8 Å². The molecule has 0 bridgehead atoms. The summed E-state index contributed by atoms with van der Waals surface area (Å²) in [4.78, 5) is 27.7. The van der Waals surface area contributed by atoms with Crippen LogP contribution in [0, 0.1) is 0 Å². The van der Waals surface area contributed by atoms with Crippen molar-refractivity contribution in [2.75, 3.05) is 11.1 Å². The van der Waals surface area contributed by atoms with Crippen LogP contribution in [0.4, 0.5) is 5.69 Å². The molecule has 0 aliphatic rings. The maximum absolute atomic E-state index is 12.0. The molecule has 2 rings (SSSR count). The van der Waals surface area contributed by atoms with Gasteiger partial charge < -0.3 is 9.88 Å². The van der Waals surface area contributed by atoms with Crippen LogP contribution in [0.3, 0.4) is 0 Å². The summed E-state index contributed by atoms with van der Waals surface area (Å²) in [5.74, 6) is 0.697. The molecule has 0 spiro atoms. The highest BCUT2D eigenvalue weighted by atomic mass is 32.2. The molecule has 0 saturated heterocycles. The Morgan fingerprint density at radius 3 is 2.77 bits per heavy atom. The predicted molar refractivity (Wildman–Crippen MR) is 88.2 cm³/mol. The maximum atomic E-state index is 12.0. The highest BCUT2D eigenvalue weighted by Gasteiger charge is 2.09. The van der Waals surface area contributed by atoms with Crippen LogP contribution in [-0.2, 0) is 11.8 Å². The largest absolute Gasteiger partial charge is 0.329 e. The molecule has 0 fully saturated rings. The molecule has 1 amide bonds. The number of aromatic nitrogens is 2. The molecular weight excluding hydrogens is 298 g/mol. The monoisotopic (exact) mass is 317 g/mol. The van der Waals surface area contributed by atoms with Crippen LogP contribution in [0.5, 0.6) is 0 Å². The zero-order valence-corrected chi connectivity index (χ0v) is 13.5. The average Bonchev–Trinajstić information content (AvgIpc) is 2.89. The topological polar surface area (TPSA) is 64.0 Å². The maximum Gasteiger partial charge on any atom is 0.224 e. The fourth-order valence-corrected chi connectivity index (χ4v) is 2.87. The van der Waals surface area contributed by atoms with E-state index in [4.69, 9.17) is 0 Å². The third kappa shape index (κ3) is 4.46. The van der Waals surface area contributed by atoms with E-state index >= 15 is 0 Å². The molecule has 0 atom stereocenters. The molecule has 6 heteroatoms. The molecule has 1 N–H and O–H groups in total. The third-order valence-electron chi connectivity index (χ3n) is 3.14. The number of rotatable bonds is 7. The lowest BCUT2D eigenvalue weighted by Gasteiger charge is -2.08. The van der Waals surface area contributed by atoms with Gasteiger partial charge in [-0.25, -0.2) is 4.98 Å². The Kier molecular flexibility index (Phi) is 5.77. The second-order valence-electron chi connectivity index (χ2n) is 4.92. The summed E-state index contributed by atoms with van der Waals surface area (Å²) in [6, 6.07) is 7.06. The van der Waals surface area contributed by atoms with E-state index in [1.165, 1.54) is 6.92 Å². The number of nitrogens with zero attached hydrogens (tertiary/aromatic N) is 2. The Labute approximate surface area is 134 Å². The van der Waals surface area contributed by atoms with Gasteiger partial charge in [-0.2, -0.15) is 0 Å². The molecule has 116 valence electrons. The van der Waals surface area contributed by atoms with Crippen molar-refractivity contribution in [2.45, 2.75) is 24.9 Å². The quantitative estimate of drug-likeness (QED) is 0.484. The van der Waals surface area contributed by atoms with Crippen LogP contribution in [0.1, 0.15) is 30.1 Å². The smallest absolute Gasteiger partial charge is 0.224 e. The van der Waals surface area contributed by atoms with E-state index in [1.54, 1.807) is 42.2 Å². The molecule has 0 unspecified atom stereocenters. The average molecular weight is 317 g/mol. The van der Waals surface area contributed by atoms with Crippen molar-refractivity contribution in [1.82, 2.24) is 9.55 Å². The molecule has 1 aromatic carbocycles. The molecule has 0 aliphatic carbocycles. The van der Waals surface area contributed by atoms with Gasteiger partial charge in [0.05, 0.1) is 5.69 Å². The second kappa shape index (κ2) is 7.79. The minimum atomic E-state index is -0.0749. The van der Waals surface area contributed by atoms with E-state index in [-0.39, 0.29) is 11.7 Å². The van der Waals surface area contributed by atoms with E-state index in [9.17, 15) is 9.59 Å². The van der Waals surface area contributed by atoms with Gasteiger partial charge in [0.2, 0.25) is 5.91 Å². The highest BCUT2D eigenvalue weighted by molar-refractivity contribution is 7.99. The number of hydrogen-bond acceptors (Lipinski definition) is 4. The van der Waals surface area contributed by atoms with E-state index in [1.807, 2.05) is 17.8 Å². The van der Waals surface area contributed by atoms with E-state index in [0.29, 0.717) is 17.7 Å². The van der Waals surface area contributed by atoms with Crippen molar-refractivity contribution in [1.29, 1.82) is 0 Å². The van der Waals surface area contributed by atoms with Crippen molar-refractivity contribution in [3.63, 3.8) is 0 Å². The van der Waals surface area contributed by atoms with Gasteiger partial charge in [0.25, 0.3) is 0 Å². The van der Waals surface area contributed by atoms with Crippen molar-refractivity contribution < 1.29 is 9.59 Å². The normalized spacial score (nSPS) is 10.5. The summed E-state index contributed by atoms with van der Waals surface area (Å²) in [7, 11) is 1.95. The molecule has 2 aromatic rings. The first-order chi connectivity index (χ1) is 10.6. The number of anilines is 1. The predicted octanol–water partition coefficient (Wildman–Crippen LogP) is 3.13. The van der Waals surface area contributed by atoms with Crippen molar-refractivity contribution in [2.24, 2.45) is 7.05 Å². The summed E-state index contributed by atoms with van der Waals surface area (Å²) < 4.78 is 1.95. The van der Waals surface area contributed by atoms with Gasteiger partial charge >= 0.3 is 0 Å². The minimum absolute atomic E-state index is 0.0544. The number of benzene rings is 1. The second-order valence-corrected chi connectivity index (χ2v) is 5.98. The lowest BCUT2D eigenvalue weighted by molar-refractivity contribution is -0.116. The molecule has 0 radical (unpaired) electrons. The van der Waals surface area contributed by atoms with Crippen molar-refractivity contribution in [3.05, 3.63) is 42.2 Å². The molecule has 22 heavy (non-hydrogen) atoms. The van der Waals surface area contributed by atoms with Crippen LogP contribution in [-0.4, -0.2) is 27.0 Å². The number of Topliss-reactive ketones (excluding diaryl/α,β-unsaturated/α-hetero) is 1. The summed E-state index contributed by atoms with van der Waals surface area (Å²) in [5, 5.41) is 3.75. The first-order valence-corrected chi connectivity index (χ1v) is 8.06. The van der Waals surface area contributed by atoms with Gasteiger partial charge in [-0.05, 0) is 25.5 Å². The van der Waals surface area contributed by atoms with Crippen LogP contribution in [0.25, 0.3) is 0 Å². The van der Waals surface area contributed by atoms with Gasteiger partial charge in [-0.1, -0.05) is 23.9 Å². The molecule has 0 saturated carbocycles. The number of nitrogens with one attached hydrogen (secondary N) is 1. The highest BCUT2D eigenvalue weighted by Crippen LogP contribution is 2.18. The van der Waals surface area contributed by atoms with Gasteiger partial charge in [0.1, 0.15) is 0 Å². The van der Waals surface area contributed by atoms with Crippen molar-refractivity contribution in [3.8, 4) is 0 Å². The summed E-state index contributed by atoms with van der Waals surface area (Å²) in [6.45, 7) is 1.49. The number of carbonyl (C=O) groups is 2.